The van der Waals surface area contributed by atoms with Gasteiger partial charge in [-0.1, -0.05) is 0 Å². The maximum absolute atomic E-state index is 8.82. The van der Waals surface area contributed by atoms with Gasteiger partial charge in [-0.2, -0.15) is 5.26 Å². The Morgan fingerprint density at radius 3 is 2.73 bits per heavy atom. The van der Waals surface area contributed by atoms with Gasteiger partial charge in [0.25, 0.3) is 0 Å². The van der Waals surface area contributed by atoms with Gasteiger partial charge in [0.1, 0.15) is 5.54 Å². The molecule has 0 amide bonds. The molecule has 0 bridgehead atoms. The van der Waals surface area contributed by atoms with Gasteiger partial charge < -0.3 is 15.5 Å². The maximum atomic E-state index is 8.82. The molecular formula is C11H22N4. The molecule has 0 aromatic heterocycles. The van der Waals surface area contributed by atoms with Crippen LogP contribution in [-0.4, -0.2) is 55.1 Å². The molecule has 1 atom stereocenters. The highest BCUT2D eigenvalue weighted by Gasteiger charge is 2.19. The molecule has 0 spiro atoms. The molecule has 0 saturated carbocycles. The number of nitrogens with zero attached hydrogens (tertiary/aromatic N) is 3. The molecule has 4 nitrogen and oxygen atoms in total. The van der Waals surface area contributed by atoms with E-state index in [0.29, 0.717) is 0 Å². The first-order chi connectivity index (χ1) is 7.03. The average molecular weight is 210 g/mol. The zero-order valence-corrected chi connectivity index (χ0v) is 9.87. The summed E-state index contributed by atoms with van der Waals surface area (Å²) in [4.78, 5) is 4.76. The molecule has 1 fully saturated rings. The number of rotatable bonds is 3. The van der Waals surface area contributed by atoms with Crippen molar-refractivity contribution in [3.8, 4) is 6.07 Å². The highest BCUT2D eigenvalue weighted by molar-refractivity contribution is 5.01. The van der Waals surface area contributed by atoms with E-state index in [2.05, 4.69) is 22.9 Å². The number of nitrogens with two attached hydrogens (primary N) is 1. The third-order valence-electron chi connectivity index (χ3n) is 3.01. The van der Waals surface area contributed by atoms with E-state index in [1.165, 1.54) is 13.0 Å². The summed E-state index contributed by atoms with van der Waals surface area (Å²) in [6.45, 7) is 7.26. The number of hydrogen-bond donors (Lipinski definition) is 1. The monoisotopic (exact) mass is 210 g/mol. The Hall–Kier alpha value is -0.630. The van der Waals surface area contributed by atoms with Crippen LogP contribution in [0.25, 0.3) is 0 Å². The van der Waals surface area contributed by atoms with Crippen LogP contribution in [0.4, 0.5) is 0 Å². The van der Waals surface area contributed by atoms with Crippen LogP contribution in [-0.2, 0) is 0 Å². The van der Waals surface area contributed by atoms with Crippen molar-refractivity contribution in [2.45, 2.75) is 25.3 Å². The Morgan fingerprint density at radius 1 is 1.33 bits per heavy atom. The lowest BCUT2D eigenvalue weighted by molar-refractivity contribution is 0.260. The lowest BCUT2D eigenvalue weighted by Gasteiger charge is -2.23. The Morgan fingerprint density at radius 2 is 2.07 bits per heavy atom. The van der Waals surface area contributed by atoms with Crippen molar-refractivity contribution in [2.24, 2.45) is 5.73 Å². The van der Waals surface area contributed by atoms with Gasteiger partial charge in [-0.3, -0.25) is 0 Å². The molecule has 2 N–H and O–H groups in total. The van der Waals surface area contributed by atoms with E-state index in [4.69, 9.17) is 11.0 Å². The van der Waals surface area contributed by atoms with Gasteiger partial charge in [0.2, 0.25) is 0 Å². The molecule has 1 aliphatic heterocycles. The van der Waals surface area contributed by atoms with Crippen LogP contribution in [0.2, 0.25) is 0 Å². The minimum absolute atomic E-state index is 0.668. The summed E-state index contributed by atoms with van der Waals surface area (Å²) in [6.07, 6.45) is 1.97. The van der Waals surface area contributed by atoms with Gasteiger partial charge in [-0.15, -0.1) is 0 Å². The number of hydrogen-bond acceptors (Lipinski definition) is 4. The van der Waals surface area contributed by atoms with Crippen molar-refractivity contribution in [1.82, 2.24) is 9.80 Å². The molecular weight excluding hydrogens is 188 g/mol. The molecule has 1 aliphatic rings. The van der Waals surface area contributed by atoms with E-state index >= 15 is 0 Å². The van der Waals surface area contributed by atoms with E-state index in [0.717, 1.165) is 32.6 Å². The molecule has 1 rings (SSSR count). The molecule has 86 valence electrons. The molecule has 1 unspecified atom stereocenters. The number of likely N-dealkylation sites (N-methyl/N-ethyl adjacent to an activating group) is 1. The third-order valence-corrected chi connectivity index (χ3v) is 3.01. The quantitative estimate of drug-likeness (QED) is 0.726. The van der Waals surface area contributed by atoms with Crippen LogP contribution in [0.5, 0.6) is 0 Å². The SMILES string of the molecule is CN1CCCN(CCC(C)(N)C#N)CC1. The van der Waals surface area contributed by atoms with Gasteiger partial charge in [-0.05, 0) is 39.9 Å². The van der Waals surface area contributed by atoms with Gasteiger partial charge in [0.05, 0.1) is 6.07 Å². The van der Waals surface area contributed by atoms with Crippen LogP contribution in [0.15, 0.2) is 0 Å². The topological polar surface area (TPSA) is 56.3 Å². The largest absolute Gasteiger partial charge is 0.314 e. The molecule has 1 saturated heterocycles. The summed E-state index contributed by atoms with van der Waals surface area (Å²) in [7, 11) is 2.16. The van der Waals surface area contributed by atoms with Gasteiger partial charge in [-0.25, -0.2) is 0 Å². The Labute approximate surface area is 92.6 Å². The van der Waals surface area contributed by atoms with E-state index < -0.39 is 5.54 Å². The summed E-state index contributed by atoms with van der Waals surface area (Å²) < 4.78 is 0. The molecule has 0 radical (unpaired) electrons. The first kappa shape index (κ1) is 12.4. The average Bonchev–Trinajstić information content (AvgIpc) is 2.40. The van der Waals surface area contributed by atoms with Crippen molar-refractivity contribution in [1.29, 1.82) is 5.26 Å². The normalized spacial score (nSPS) is 24.1. The van der Waals surface area contributed by atoms with Crippen LogP contribution in [0.1, 0.15) is 19.8 Å². The van der Waals surface area contributed by atoms with Crippen LogP contribution < -0.4 is 5.73 Å². The fourth-order valence-electron chi connectivity index (χ4n) is 1.77. The van der Waals surface area contributed by atoms with Gasteiger partial charge in [0, 0.05) is 19.6 Å². The zero-order chi connectivity index (χ0) is 11.3. The second kappa shape index (κ2) is 5.45. The predicted octanol–water partition coefficient (Wildman–Crippen LogP) is 0.255. The Balaban J connectivity index is 2.30. The highest BCUT2D eigenvalue weighted by atomic mass is 15.2. The maximum Gasteiger partial charge on any atom is 0.102 e. The van der Waals surface area contributed by atoms with Crippen molar-refractivity contribution in [2.75, 3.05) is 39.8 Å². The van der Waals surface area contributed by atoms with E-state index in [9.17, 15) is 0 Å². The number of nitriles is 1. The molecule has 0 aromatic rings. The van der Waals surface area contributed by atoms with Crippen molar-refractivity contribution >= 4 is 0 Å². The summed E-state index contributed by atoms with van der Waals surface area (Å²) in [6, 6.07) is 2.15. The first-order valence-electron chi connectivity index (χ1n) is 5.64. The fourth-order valence-corrected chi connectivity index (χ4v) is 1.77. The molecule has 1 heterocycles. The summed E-state index contributed by atoms with van der Waals surface area (Å²) in [5.74, 6) is 0. The summed E-state index contributed by atoms with van der Waals surface area (Å²) in [5, 5.41) is 8.82. The van der Waals surface area contributed by atoms with Crippen LogP contribution in [0.3, 0.4) is 0 Å². The third kappa shape index (κ3) is 4.61. The van der Waals surface area contributed by atoms with Crippen molar-refractivity contribution in [3.63, 3.8) is 0 Å². The summed E-state index contributed by atoms with van der Waals surface area (Å²) in [5.41, 5.74) is 5.13. The highest BCUT2D eigenvalue weighted by Crippen LogP contribution is 2.07. The van der Waals surface area contributed by atoms with Crippen LogP contribution >= 0.6 is 0 Å². The van der Waals surface area contributed by atoms with Crippen molar-refractivity contribution in [3.05, 3.63) is 0 Å². The minimum atomic E-state index is -0.668. The molecule has 4 heteroatoms. The fraction of sp³-hybridized carbons (Fsp3) is 0.909. The molecule has 15 heavy (non-hydrogen) atoms. The smallest absolute Gasteiger partial charge is 0.102 e. The van der Waals surface area contributed by atoms with E-state index in [-0.39, 0.29) is 0 Å². The molecule has 0 aromatic carbocycles. The van der Waals surface area contributed by atoms with E-state index in [1.807, 2.05) is 0 Å². The lowest BCUT2D eigenvalue weighted by atomic mass is 10.0. The van der Waals surface area contributed by atoms with Gasteiger partial charge in [0.15, 0.2) is 0 Å². The Kier molecular flexibility index (Phi) is 4.52. The minimum Gasteiger partial charge on any atom is -0.314 e. The Bertz CT molecular complexity index is 231. The first-order valence-corrected chi connectivity index (χ1v) is 5.64. The second-order valence-corrected chi connectivity index (χ2v) is 4.78. The predicted molar refractivity (Wildman–Crippen MR) is 61.4 cm³/mol. The van der Waals surface area contributed by atoms with Crippen molar-refractivity contribution < 1.29 is 0 Å². The summed E-state index contributed by atoms with van der Waals surface area (Å²) >= 11 is 0. The standard InChI is InChI=1S/C11H22N4/c1-11(13,10-12)4-7-15-6-3-5-14(2)8-9-15/h3-9,13H2,1-2H3. The van der Waals surface area contributed by atoms with Gasteiger partial charge >= 0.3 is 0 Å². The lowest BCUT2D eigenvalue weighted by Crippen LogP contribution is -2.39. The second-order valence-electron chi connectivity index (χ2n) is 4.78. The van der Waals surface area contributed by atoms with E-state index in [1.54, 1.807) is 6.92 Å². The zero-order valence-electron chi connectivity index (χ0n) is 9.87. The van der Waals surface area contributed by atoms with Crippen LogP contribution in [0, 0.1) is 11.3 Å². The molecule has 0 aliphatic carbocycles.